The van der Waals surface area contributed by atoms with Gasteiger partial charge in [0, 0.05) is 17.3 Å². The summed E-state index contributed by atoms with van der Waals surface area (Å²) in [6.45, 7) is 6.05. The third-order valence-electron chi connectivity index (χ3n) is 3.37. The summed E-state index contributed by atoms with van der Waals surface area (Å²) in [6.07, 6.45) is 0.246. The number of ether oxygens (including phenoxy) is 2. The minimum atomic E-state index is -0.228. The molecule has 0 unspecified atom stereocenters. The molecule has 0 fully saturated rings. The van der Waals surface area contributed by atoms with Crippen molar-refractivity contribution in [2.45, 2.75) is 27.2 Å². The highest BCUT2D eigenvalue weighted by atomic mass is 16.5. The maximum Gasteiger partial charge on any atom is 0.310 e. The van der Waals surface area contributed by atoms with Crippen LogP contribution < -0.4 is 4.74 Å². The number of methoxy groups -OCH3 is 1. The highest BCUT2D eigenvalue weighted by Crippen LogP contribution is 2.21. The molecule has 21 heavy (non-hydrogen) atoms. The van der Waals surface area contributed by atoms with Gasteiger partial charge >= 0.3 is 5.97 Å². The molecule has 1 aromatic heterocycles. The Balaban J connectivity index is 2.36. The van der Waals surface area contributed by atoms with Crippen molar-refractivity contribution in [3.8, 4) is 11.4 Å². The van der Waals surface area contributed by atoms with Crippen molar-refractivity contribution in [1.29, 1.82) is 0 Å². The van der Waals surface area contributed by atoms with E-state index < -0.39 is 0 Å². The van der Waals surface area contributed by atoms with E-state index in [1.807, 2.05) is 42.8 Å². The van der Waals surface area contributed by atoms with Gasteiger partial charge in [-0.1, -0.05) is 6.07 Å². The largest absolute Gasteiger partial charge is 0.497 e. The van der Waals surface area contributed by atoms with Crippen molar-refractivity contribution < 1.29 is 14.3 Å². The average Bonchev–Trinajstić information content (AvgIpc) is 2.76. The zero-order valence-corrected chi connectivity index (χ0v) is 12.8. The van der Waals surface area contributed by atoms with Gasteiger partial charge in [0.15, 0.2) is 0 Å². The van der Waals surface area contributed by atoms with Crippen molar-refractivity contribution >= 4 is 5.97 Å². The lowest BCUT2D eigenvalue weighted by Crippen LogP contribution is -2.09. The summed E-state index contributed by atoms with van der Waals surface area (Å²) < 4.78 is 12.1. The van der Waals surface area contributed by atoms with Crippen LogP contribution in [0.15, 0.2) is 24.3 Å². The second-order valence-electron chi connectivity index (χ2n) is 4.74. The molecular weight excluding hydrogens is 268 g/mol. The smallest absolute Gasteiger partial charge is 0.310 e. The van der Waals surface area contributed by atoms with E-state index in [1.54, 1.807) is 14.0 Å². The Morgan fingerprint density at radius 2 is 2.10 bits per heavy atom. The number of carbonyl (C=O) groups excluding carboxylic acids is 1. The standard InChI is InChI=1S/C16H20N2O3/c1-5-21-16(19)10-15-11(2)17-18(12(15)3)13-7-6-8-14(9-13)20-4/h6-9H,5,10H2,1-4H3. The van der Waals surface area contributed by atoms with E-state index in [2.05, 4.69) is 5.10 Å². The highest BCUT2D eigenvalue weighted by Gasteiger charge is 2.16. The molecule has 2 rings (SSSR count). The van der Waals surface area contributed by atoms with Crippen LogP contribution in [-0.4, -0.2) is 29.5 Å². The van der Waals surface area contributed by atoms with Crippen LogP contribution in [0.2, 0.25) is 0 Å². The zero-order valence-electron chi connectivity index (χ0n) is 12.8. The van der Waals surface area contributed by atoms with Crippen LogP contribution in [0.1, 0.15) is 23.9 Å². The van der Waals surface area contributed by atoms with E-state index in [9.17, 15) is 4.79 Å². The Morgan fingerprint density at radius 1 is 1.33 bits per heavy atom. The van der Waals surface area contributed by atoms with Gasteiger partial charge in [-0.25, -0.2) is 4.68 Å². The van der Waals surface area contributed by atoms with Gasteiger partial charge in [0.25, 0.3) is 0 Å². The van der Waals surface area contributed by atoms with E-state index >= 15 is 0 Å². The first-order chi connectivity index (χ1) is 10.1. The summed E-state index contributed by atoms with van der Waals surface area (Å²) in [4.78, 5) is 11.7. The number of hydrogen-bond donors (Lipinski definition) is 0. The van der Waals surface area contributed by atoms with Crippen molar-refractivity contribution in [3.05, 3.63) is 41.2 Å². The highest BCUT2D eigenvalue weighted by molar-refractivity contribution is 5.73. The molecule has 5 heteroatoms. The molecule has 1 aromatic carbocycles. The maximum absolute atomic E-state index is 11.7. The second-order valence-corrected chi connectivity index (χ2v) is 4.74. The molecule has 0 atom stereocenters. The van der Waals surface area contributed by atoms with Crippen LogP contribution in [0.4, 0.5) is 0 Å². The van der Waals surface area contributed by atoms with Gasteiger partial charge in [-0.3, -0.25) is 4.79 Å². The number of hydrogen-bond acceptors (Lipinski definition) is 4. The van der Waals surface area contributed by atoms with E-state index in [4.69, 9.17) is 9.47 Å². The van der Waals surface area contributed by atoms with Crippen molar-refractivity contribution in [3.63, 3.8) is 0 Å². The number of esters is 1. The van der Waals surface area contributed by atoms with Crippen LogP contribution in [0.5, 0.6) is 5.75 Å². The van der Waals surface area contributed by atoms with Crippen LogP contribution in [0.25, 0.3) is 5.69 Å². The Kier molecular flexibility index (Phi) is 4.62. The van der Waals surface area contributed by atoms with Crippen LogP contribution in [-0.2, 0) is 16.0 Å². The molecular formula is C16H20N2O3. The minimum Gasteiger partial charge on any atom is -0.497 e. The summed E-state index contributed by atoms with van der Waals surface area (Å²) in [6, 6.07) is 7.66. The van der Waals surface area contributed by atoms with E-state index in [0.717, 1.165) is 28.4 Å². The number of aromatic nitrogens is 2. The third kappa shape index (κ3) is 3.24. The van der Waals surface area contributed by atoms with Crippen molar-refractivity contribution in [2.75, 3.05) is 13.7 Å². The first-order valence-corrected chi connectivity index (χ1v) is 6.92. The van der Waals surface area contributed by atoms with Gasteiger partial charge in [-0.05, 0) is 32.9 Å². The lowest BCUT2D eigenvalue weighted by Gasteiger charge is -2.07. The maximum atomic E-state index is 11.7. The molecule has 0 amide bonds. The predicted molar refractivity (Wildman–Crippen MR) is 79.9 cm³/mol. The SMILES string of the molecule is CCOC(=O)Cc1c(C)nn(-c2cccc(OC)c2)c1C. The predicted octanol–water partition coefficient (Wildman–Crippen LogP) is 2.60. The van der Waals surface area contributed by atoms with Gasteiger partial charge in [0.05, 0.1) is 31.5 Å². The fourth-order valence-corrected chi connectivity index (χ4v) is 2.28. The summed E-state index contributed by atoms with van der Waals surface area (Å²) in [7, 11) is 1.63. The molecule has 0 N–H and O–H groups in total. The number of benzene rings is 1. The van der Waals surface area contributed by atoms with E-state index in [-0.39, 0.29) is 12.4 Å². The monoisotopic (exact) mass is 288 g/mol. The minimum absolute atomic E-state index is 0.228. The molecule has 2 aromatic rings. The Hall–Kier alpha value is -2.30. The van der Waals surface area contributed by atoms with Gasteiger partial charge in [-0.2, -0.15) is 5.10 Å². The lowest BCUT2D eigenvalue weighted by molar-refractivity contribution is -0.142. The first kappa shape index (κ1) is 15.1. The van der Waals surface area contributed by atoms with Crippen molar-refractivity contribution in [2.24, 2.45) is 0 Å². The Bertz CT molecular complexity index is 647. The summed E-state index contributed by atoms with van der Waals surface area (Å²) in [5.41, 5.74) is 3.60. The topological polar surface area (TPSA) is 53.3 Å². The second kappa shape index (κ2) is 6.43. The molecule has 0 bridgehead atoms. The normalized spacial score (nSPS) is 10.5. The molecule has 0 saturated carbocycles. The Labute approximate surface area is 124 Å². The Morgan fingerprint density at radius 3 is 2.76 bits per heavy atom. The van der Waals surface area contributed by atoms with Crippen LogP contribution in [0, 0.1) is 13.8 Å². The molecule has 112 valence electrons. The fraction of sp³-hybridized carbons (Fsp3) is 0.375. The zero-order chi connectivity index (χ0) is 15.4. The number of carbonyl (C=O) groups is 1. The molecule has 5 nitrogen and oxygen atoms in total. The summed E-state index contributed by atoms with van der Waals surface area (Å²) >= 11 is 0. The molecule has 0 saturated heterocycles. The molecule has 0 aliphatic carbocycles. The van der Waals surface area contributed by atoms with Crippen molar-refractivity contribution in [1.82, 2.24) is 9.78 Å². The van der Waals surface area contributed by atoms with Gasteiger partial charge in [0.1, 0.15) is 5.75 Å². The molecule has 0 aliphatic heterocycles. The molecule has 0 aliphatic rings. The number of nitrogens with zero attached hydrogens (tertiary/aromatic N) is 2. The van der Waals surface area contributed by atoms with E-state index in [0.29, 0.717) is 6.61 Å². The summed E-state index contributed by atoms with van der Waals surface area (Å²) in [5.74, 6) is 0.542. The van der Waals surface area contributed by atoms with Gasteiger partial charge in [-0.15, -0.1) is 0 Å². The third-order valence-corrected chi connectivity index (χ3v) is 3.37. The summed E-state index contributed by atoms with van der Waals surface area (Å²) in [5, 5.41) is 4.52. The average molecular weight is 288 g/mol. The first-order valence-electron chi connectivity index (χ1n) is 6.92. The fourth-order valence-electron chi connectivity index (χ4n) is 2.28. The molecule has 0 radical (unpaired) electrons. The number of aryl methyl sites for hydroxylation is 1. The van der Waals surface area contributed by atoms with E-state index in [1.165, 1.54) is 0 Å². The lowest BCUT2D eigenvalue weighted by atomic mass is 10.1. The molecule has 1 heterocycles. The van der Waals surface area contributed by atoms with Gasteiger partial charge < -0.3 is 9.47 Å². The quantitative estimate of drug-likeness (QED) is 0.794. The van der Waals surface area contributed by atoms with Gasteiger partial charge in [0.2, 0.25) is 0 Å². The molecule has 0 spiro atoms. The van der Waals surface area contributed by atoms with Crippen LogP contribution >= 0.6 is 0 Å². The van der Waals surface area contributed by atoms with Crippen LogP contribution in [0.3, 0.4) is 0 Å². The number of rotatable bonds is 5.